The van der Waals surface area contributed by atoms with E-state index < -0.39 is 12.1 Å². The molecule has 66 valence electrons. The maximum absolute atomic E-state index is 10.6. The average Bonchev–Trinajstić information content (AvgIpc) is 1.84. The van der Waals surface area contributed by atoms with Crippen LogP contribution in [0.25, 0.3) is 0 Å². The van der Waals surface area contributed by atoms with Gasteiger partial charge in [-0.05, 0) is 19.3 Å². The molecule has 0 aliphatic carbocycles. The third kappa shape index (κ3) is 4.11. The molecule has 2 atom stereocenters. The van der Waals surface area contributed by atoms with Crippen molar-refractivity contribution < 1.29 is 9.90 Å². The smallest absolute Gasteiger partial charge is 0.159 e. The van der Waals surface area contributed by atoms with Crippen LogP contribution in [0.3, 0.4) is 0 Å². The first kappa shape index (κ1) is 10.6. The Morgan fingerprint density at radius 1 is 1.55 bits per heavy atom. The summed E-state index contributed by atoms with van der Waals surface area (Å²) in [5, 5.41) is 9.17. The van der Waals surface area contributed by atoms with Crippen molar-refractivity contribution >= 4 is 5.78 Å². The van der Waals surface area contributed by atoms with Crippen molar-refractivity contribution in [2.75, 3.05) is 0 Å². The van der Waals surface area contributed by atoms with Gasteiger partial charge in [-0.15, -0.1) is 0 Å². The van der Waals surface area contributed by atoms with E-state index in [1.54, 1.807) is 0 Å². The Hall–Kier alpha value is -0.410. The standard InChI is InChI=1S/C8H17NO2/c1-5(2)4-7(9)8(11)6(3)10/h5,7-8,11H,4,9H2,1-3H3/t7-,8-/m1/s1. The first-order chi connectivity index (χ1) is 4.95. The lowest BCUT2D eigenvalue weighted by Crippen LogP contribution is -2.40. The van der Waals surface area contributed by atoms with Gasteiger partial charge in [0.1, 0.15) is 6.10 Å². The van der Waals surface area contributed by atoms with Crippen molar-refractivity contribution in [1.82, 2.24) is 0 Å². The number of hydrogen-bond donors (Lipinski definition) is 2. The first-order valence-electron chi connectivity index (χ1n) is 3.89. The van der Waals surface area contributed by atoms with Crippen LogP contribution in [-0.4, -0.2) is 23.0 Å². The maximum atomic E-state index is 10.6. The van der Waals surface area contributed by atoms with E-state index in [9.17, 15) is 4.79 Å². The van der Waals surface area contributed by atoms with Crippen molar-refractivity contribution in [3.05, 3.63) is 0 Å². The van der Waals surface area contributed by atoms with E-state index in [0.29, 0.717) is 12.3 Å². The van der Waals surface area contributed by atoms with Crippen LogP contribution < -0.4 is 5.73 Å². The van der Waals surface area contributed by atoms with Crippen molar-refractivity contribution in [1.29, 1.82) is 0 Å². The van der Waals surface area contributed by atoms with Gasteiger partial charge in [0.2, 0.25) is 0 Å². The van der Waals surface area contributed by atoms with Gasteiger partial charge in [-0.3, -0.25) is 4.79 Å². The van der Waals surface area contributed by atoms with E-state index in [0.717, 1.165) is 0 Å². The number of carbonyl (C=O) groups is 1. The number of hydrogen-bond acceptors (Lipinski definition) is 3. The second kappa shape index (κ2) is 4.46. The molecule has 0 amide bonds. The fourth-order valence-corrected chi connectivity index (χ4v) is 0.975. The van der Waals surface area contributed by atoms with Gasteiger partial charge in [0.15, 0.2) is 5.78 Å². The van der Waals surface area contributed by atoms with E-state index in [2.05, 4.69) is 0 Å². The molecule has 0 aromatic rings. The highest BCUT2D eigenvalue weighted by atomic mass is 16.3. The molecule has 0 spiro atoms. The predicted molar refractivity (Wildman–Crippen MR) is 44.1 cm³/mol. The van der Waals surface area contributed by atoms with Crippen molar-refractivity contribution in [2.45, 2.75) is 39.3 Å². The van der Waals surface area contributed by atoms with Gasteiger partial charge in [-0.2, -0.15) is 0 Å². The molecule has 0 radical (unpaired) electrons. The summed E-state index contributed by atoms with van der Waals surface area (Å²) >= 11 is 0. The Balaban J connectivity index is 3.82. The molecule has 0 aromatic heterocycles. The van der Waals surface area contributed by atoms with Gasteiger partial charge in [-0.25, -0.2) is 0 Å². The Morgan fingerprint density at radius 3 is 2.27 bits per heavy atom. The molecule has 0 aromatic carbocycles. The fraction of sp³-hybridized carbons (Fsp3) is 0.875. The summed E-state index contributed by atoms with van der Waals surface area (Å²) in [5.74, 6) is 0.164. The minimum atomic E-state index is -0.989. The van der Waals surface area contributed by atoms with Gasteiger partial charge in [0.25, 0.3) is 0 Å². The van der Waals surface area contributed by atoms with Crippen molar-refractivity contribution in [2.24, 2.45) is 11.7 Å². The summed E-state index contributed by atoms with van der Waals surface area (Å²) in [7, 11) is 0. The van der Waals surface area contributed by atoms with Gasteiger partial charge in [0, 0.05) is 6.04 Å². The van der Waals surface area contributed by atoms with Crippen LogP contribution in [0.15, 0.2) is 0 Å². The van der Waals surface area contributed by atoms with Gasteiger partial charge >= 0.3 is 0 Å². The highest BCUT2D eigenvalue weighted by Gasteiger charge is 2.19. The van der Waals surface area contributed by atoms with Gasteiger partial charge < -0.3 is 10.8 Å². The van der Waals surface area contributed by atoms with Crippen LogP contribution in [0.2, 0.25) is 0 Å². The summed E-state index contributed by atoms with van der Waals surface area (Å²) in [6.07, 6.45) is -0.307. The molecule has 0 aliphatic rings. The summed E-state index contributed by atoms with van der Waals surface area (Å²) in [6, 6.07) is -0.410. The second-order valence-electron chi connectivity index (χ2n) is 3.35. The predicted octanol–water partition coefficient (Wildman–Crippen LogP) is 0.310. The molecule has 0 heterocycles. The molecule has 0 bridgehead atoms. The van der Waals surface area contributed by atoms with E-state index in [-0.39, 0.29) is 5.78 Å². The zero-order valence-electron chi connectivity index (χ0n) is 7.37. The van der Waals surface area contributed by atoms with E-state index >= 15 is 0 Å². The SMILES string of the molecule is CC(=O)[C@@H](O)[C@H](N)CC(C)C. The Kier molecular flexibility index (Phi) is 4.30. The average molecular weight is 159 g/mol. The molecular formula is C8H17NO2. The first-order valence-corrected chi connectivity index (χ1v) is 3.89. The topological polar surface area (TPSA) is 63.3 Å². The quantitative estimate of drug-likeness (QED) is 0.620. The Morgan fingerprint density at radius 2 is 2.00 bits per heavy atom. The molecule has 0 rings (SSSR count). The van der Waals surface area contributed by atoms with E-state index in [4.69, 9.17) is 10.8 Å². The number of aliphatic hydroxyl groups is 1. The van der Waals surface area contributed by atoms with E-state index in [1.165, 1.54) is 6.92 Å². The Bertz CT molecular complexity index is 134. The van der Waals surface area contributed by atoms with Crippen LogP contribution in [0.1, 0.15) is 27.2 Å². The highest BCUT2D eigenvalue weighted by molar-refractivity contribution is 5.80. The molecule has 0 saturated carbocycles. The van der Waals surface area contributed by atoms with Gasteiger partial charge in [-0.1, -0.05) is 13.8 Å². The second-order valence-corrected chi connectivity index (χ2v) is 3.35. The molecule has 0 fully saturated rings. The Labute approximate surface area is 67.6 Å². The number of Topliss-reactive ketones (excluding diaryl/α,β-unsaturated/α-hetero) is 1. The third-order valence-corrected chi connectivity index (χ3v) is 1.57. The largest absolute Gasteiger partial charge is 0.384 e. The molecule has 3 nitrogen and oxygen atoms in total. The number of carbonyl (C=O) groups excluding carboxylic acids is 1. The van der Waals surface area contributed by atoms with Crippen LogP contribution in [0.5, 0.6) is 0 Å². The molecule has 0 unspecified atom stereocenters. The van der Waals surface area contributed by atoms with Crippen LogP contribution in [-0.2, 0) is 4.79 Å². The van der Waals surface area contributed by atoms with Gasteiger partial charge in [0.05, 0.1) is 0 Å². The number of ketones is 1. The van der Waals surface area contributed by atoms with Crippen molar-refractivity contribution in [3.63, 3.8) is 0 Å². The van der Waals surface area contributed by atoms with Crippen LogP contribution in [0, 0.1) is 5.92 Å². The summed E-state index contributed by atoms with van der Waals surface area (Å²) in [5.41, 5.74) is 5.55. The van der Waals surface area contributed by atoms with Crippen LogP contribution >= 0.6 is 0 Å². The molecular weight excluding hydrogens is 142 g/mol. The maximum Gasteiger partial charge on any atom is 0.159 e. The molecule has 3 heteroatoms. The lowest BCUT2D eigenvalue weighted by atomic mass is 9.98. The van der Waals surface area contributed by atoms with Crippen LogP contribution in [0.4, 0.5) is 0 Å². The summed E-state index contributed by atoms with van der Waals surface area (Å²) in [6.45, 7) is 5.37. The monoisotopic (exact) mass is 159 g/mol. The summed E-state index contributed by atoms with van der Waals surface area (Å²) in [4.78, 5) is 10.6. The lowest BCUT2D eigenvalue weighted by Gasteiger charge is -2.17. The van der Waals surface area contributed by atoms with Crippen molar-refractivity contribution in [3.8, 4) is 0 Å². The minimum Gasteiger partial charge on any atom is -0.384 e. The van der Waals surface area contributed by atoms with E-state index in [1.807, 2.05) is 13.8 Å². The molecule has 3 N–H and O–H groups in total. The zero-order chi connectivity index (χ0) is 9.02. The lowest BCUT2D eigenvalue weighted by molar-refractivity contribution is -0.126. The highest BCUT2D eigenvalue weighted by Crippen LogP contribution is 2.06. The fourth-order valence-electron chi connectivity index (χ4n) is 0.975. The number of rotatable bonds is 4. The number of aliphatic hydroxyl groups excluding tert-OH is 1. The zero-order valence-corrected chi connectivity index (χ0v) is 7.37. The third-order valence-electron chi connectivity index (χ3n) is 1.57. The molecule has 0 aliphatic heterocycles. The number of nitrogens with two attached hydrogens (primary N) is 1. The molecule has 0 saturated heterocycles. The molecule has 11 heavy (non-hydrogen) atoms. The summed E-state index contributed by atoms with van der Waals surface area (Å²) < 4.78 is 0. The minimum absolute atomic E-state index is 0.252. The normalized spacial score (nSPS) is 16.5.